The third-order valence-corrected chi connectivity index (χ3v) is 4.50. The molecule has 106 valence electrons. The molecule has 2 fully saturated rings. The van der Waals surface area contributed by atoms with Gasteiger partial charge in [-0.05, 0) is 51.1 Å². The minimum absolute atomic E-state index is 0.542. The average molecular weight is 254 g/mol. The minimum atomic E-state index is 0.542. The Morgan fingerprint density at radius 3 is 2.83 bits per heavy atom. The van der Waals surface area contributed by atoms with Crippen molar-refractivity contribution < 1.29 is 4.74 Å². The van der Waals surface area contributed by atoms with Crippen molar-refractivity contribution in [2.75, 3.05) is 32.8 Å². The molecule has 0 aromatic rings. The lowest BCUT2D eigenvalue weighted by Crippen LogP contribution is -2.48. The zero-order chi connectivity index (χ0) is 12.8. The molecule has 3 nitrogen and oxygen atoms in total. The van der Waals surface area contributed by atoms with Crippen molar-refractivity contribution in [1.29, 1.82) is 0 Å². The monoisotopic (exact) mass is 254 g/mol. The van der Waals surface area contributed by atoms with Gasteiger partial charge < -0.3 is 15.0 Å². The molecule has 3 unspecified atom stereocenters. The van der Waals surface area contributed by atoms with E-state index in [4.69, 9.17) is 4.74 Å². The standard InChI is InChI=1S/C15H30N2O/c1-3-16-15-8-10-17(12-13(15)2)9-7-14-6-4-5-11-18-14/h13-16H,3-12H2,1-2H3. The third kappa shape index (κ3) is 4.22. The van der Waals surface area contributed by atoms with Crippen molar-refractivity contribution in [2.45, 2.75) is 58.1 Å². The van der Waals surface area contributed by atoms with Gasteiger partial charge in [0, 0.05) is 25.7 Å². The summed E-state index contributed by atoms with van der Waals surface area (Å²) in [7, 11) is 0. The summed E-state index contributed by atoms with van der Waals surface area (Å²) in [5.74, 6) is 0.783. The Balaban J connectivity index is 1.65. The van der Waals surface area contributed by atoms with Crippen LogP contribution in [0.1, 0.15) is 46.0 Å². The SMILES string of the molecule is CCNC1CCN(CCC2CCCCO2)CC1C. The molecule has 0 bridgehead atoms. The maximum absolute atomic E-state index is 5.82. The van der Waals surface area contributed by atoms with Crippen molar-refractivity contribution in [3.8, 4) is 0 Å². The molecule has 1 N–H and O–H groups in total. The van der Waals surface area contributed by atoms with Crippen LogP contribution < -0.4 is 5.32 Å². The first kappa shape index (κ1) is 14.3. The summed E-state index contributed by atoms with van der Waals surface area (Å²) in [6.45, 7) is 10.4. The van der Waals surface area contributed by atoms with E-state index in [0.29, 0.717) is 6.10 Å². The Hall–Kier alpha value is -0.120. The highest BCUT2D eigenvalue weighted by molar-refractivity contribution is 4.82. The largest absolute Gasteiger partial charge is 0.378 e. The third-order valence-electron chi connectivity index (χ3n) is 4.50. The van der Waals surface area contributed by atoms with E-state index >= 15 is 0 Å². The van der Waals surface area contributed by atoms with E-state index in [9.17, 15) is 0 Å². The second kappa shape index (κ2) is 7.46. The Kier molecular flexibility index (Phi) is 5.93. The lowest BCUT2D eigenvalue weighted by Gasteiger charge is -2.38. The molecule has 2 heterocycles. The normalized spacial score (nSPS) is 34.7. The molecule has 0 amide bonds. The number of hydrogen-bond donors (Lipinski definition) is 1. The fourth-order valence-corrected chi connectivity index (χ4v) is 3.36. The summed E-state index contributed by atoms with van der Waals surface area (Å²) in [5, 5.41) is 3.61. The van der Waals surface area contributed by atoms with Crippen molar-refractivity contribution in [2.24, 2.45) is 5.92 Å². The first-order valence-electron chi connectivity index (χ1n) is 7.87. The Bertz CT molecular complexity index is 229. The fourth-order valence-electron chi connectivity index (χ4n) is 3.36. The Morgan fingerprint density at radius 1 is 1.28 bits per heavy atom. The maximum Gasteiger partial charge on any atom is 0.0587 e. The summed E-state index contributed by atoms with van der Waals surface area (Å²) in [6, 6.07) is 0.734. The summed E-state index contributed by atoms with van der Waals surface area (Å²) in [5.41, 5.74) is 0. The van der Waals surface area contributed by atoms with Gasteiger partial charge in [-0.1, -0.05) is 13.8 Å². The first-order valence-corrected chi connectivity index (χ1v) is 7.87. The van der Waals surface area contributed by atoms with Gasteiger partial charge in [-0.2, -0.15) is 0 Å². The number of nitrogens with zero attached hydrogens (tertiary/aromatic N) is 1. The topological polar surface area (TPSA) is 24.5 Å². The molecule has 3 atom stereocenters. The van der Waals surface area contributed by atoms with Gasteiger partial charge in [0.2, 0.25) is 0 Å². The van der Waals surface area contributed by atoms with E-state index in [1.54, 1.807) is 0 Å². The van der Waals surface area contributed by atoms with E-state index < -0.39 is 0 Å². The van der Waals surface area contributed by atoms with Gasteiger partial charge in [0.05, 0.1) is 6.10 Å². The van der Waals surface area contributed by atoms with Gasteiger partial charge in [-0.3, -0.25) is 0 Å². The quantitative estimate of drug-likeness (QED) is 0.814. The summed E-state index contributed by atoms with van der Waals surface area (Å²) in [6.07, 6.45) is 6.99. The second-order valence-electron chi connectivity index (χ2n) is 6.01. The van der Waals surface area contributed by atoms with Crippen LogP contribution in [-0.4, -0.2) is 49.8 Å². The highest BCUT2D eigenvalue weighted by Crippen LogP contribution is 2.20. The molecule has 0 aliphatic carbocycles. The molecule has 2 aliphatic rings. The van der Waals surface area contributed by atoms with E-state index in [2.05, 4.69) is 24.1 Å². The number of rotatable bonds is 5. The molecule has 0 radical (unpaired) electrons. The van der Waals surface area contributed by atoms with E-state index in [-0.39, 0.29) is 0 Å². The van der Waals surface area contributed by atoms with Crippen molar-refractivity contribution >= 4 is 0 Å². The lowest BCUT2D eigenvalue weighted by molar-refractivity contribution is 0.00244. The zero-order valence-electron chi connectivity index (χ0n) is 12.2. The molecule has 0 aromatic heterocycles. The summed E-state index contributed by atoms with van der Waals surface area (Å²) < 4.78 is 5.82. The fraction of sp³-hybridized carbons (Fsp3) is 1.00. The van der Waals surface area contributed by atoms with Crippen molar-refractivity contribution in [3.63, 3.8) is 0 Å². The van der Waals surface area contributed by atoms with E-state index in [0.717, 1.165) is 25.1 Å². The summed E-state index contributed by atoms with van der Waals surface area (Å²) >= 11 is 0. The van der Waals surface area contributed by atoms with Gasteiger partial charge in [0.15, 0.2) is 0 Å². The number of hydrogen-bond acceptors (Lipinski definition) is 3. The molecule has 2 saturated heterocycles. The molecule has 3 heteroatoms. The Labute approximate surface area is 112 Å². The second-order valence-corrected chi connectivity index (χ2v) is 6.01. The van der Waals surface area contributed by atoms with Gasteiger partial charge >= 0.3 is 0 Å². The van der Waals surface area contributed by atoms with Crippen LogP contribution in [0.2, 0.25) is 0 Å². The lowest BCUT2D eigenvalue weighted by atomic mass is 9.93. The van der Waals surface area contributed by atoms with Gasteiger partial charge in [0.1, 0.15) is 0 Å². The molecule has 0 aromatic carbocycles. The predicted octanol–water partition coefficient (Wildman–Crippen LogP) is 2.27. The van der Waals surface area contributed by atoms with Gasteiger partial charge in [-0.15, -0.1) is 0 Å². The van der Waals surface area contributed by atoms with Crippen molar-refractivity contribution in [1.82, 2.24) is 10.2 Å². The van der Waals surface area contributed by atoms with Gasteiger partial charge in [-0.25, -0.2) is 0 Å². The zero-order valence-corrected chi connectivity index (χ0v) is 12.2. The van der Waals surface area contributed by atoms with E-state index in [1.165, 1.54) is 51.7 Å². The van der Waals surface area contributed by atoms with Crippen LogP contribution in [0.25, 0.3) is 0 Å². The van der Waals surface area contributed by atoms with Crippen molar-refractivity contribution in [3.05, 3.63) is 0 Å². The smallest absolute Gasteiger partial charge is 0.0587 e. The molecule has 0 saturated carbocycles. The highest BCUT2D eigenvalue weighted by Gasteiger charge is 2.25. The number of likely N-dealkylation sites (tertiary alicyclic amines) is 1. The molecular weight excluding hydrogens is 224 g/mol. The molecule has 18 heavy (non-hydrogen) atoms. The predicted molar refractivity (Wildman–Crippen MR) is 75.9 cm³/mol. The van der Waals surface area contributed by atoms with Crippen LogP contribution in [0.4, 0.5) is 0 Å². The van der Waals surface area contributed by atoms with Gasteiger partial charge in [0.25, 0.3) is 0 Å². The highest BCUT2D eigenvalue weighted by atomic mass is 16.5. The molecular formula is C15H30N2O. The van der Waals surface area contributed by atoms with Crippen LogP contribution in [0.15, 0.2) is 0 Å². The number of piperidine rings is 1. The molecule has 0 spiro atoms. The average Bonchev–Trinajstić information content (AvgIpc) is 2.41. The van der Waals surface area contributed by atoms with Crippen LogP contribution in [0, 0.1) is 5.92 Å². The van der Waals surface area contributed by atoms with Crippen LogP contribution in [0.5, 0.6) is 0 Å². The van der Waals surface area contributed by atoms with Crippen LogP contribution in [0.3, 0.4) is 0 Å². The maximum atomic E-state index is 5.82. The number of nitrogens with one attached hydrogen (secondary N) is 1. The van der Waals surface area contributed by atoms with E-state index in [1.807, 2.05) is 0 Å². The van der Waals surface area contributed by atoms with Crippen LogP contribution >= 0.6 is 0 Å². The number of ether oxygens (including phenoxy) is 1. The molecule has 2 rings (SSSR count). The summed E-state index contributed by atoms with van der Waals surface area (Å²) in [4.78, 5) is 2.64. The van der Waals surface area contributed by atoms with Crippen LogP contribution in [-0.2, 0) is 4.74 Å². The Morgan fingerprint density at radius 2 is 2.17 bits per heavy atom. The first-order chi connectivity index (χ1) is 8.79. The molecule has 2 aliphatic heterocycles. The minimum Gasteiger partial charge on any atom is -0.378 e.